The lowest BCUT2D eigenvalue weighted by Gasteiger charge is -2.38. The van der Waals surface area contributed by atoms with Crippen molar-refractivity contribution < 1.29 is 12.4 Å². The van der Waals surface area contributed by atoms with E-state index >= 15 is 0 Å². The Bertz CT molecular complexity index is 493. The molecule has 0 saturated heterocycles. The van der Waals surface area contributed by atoms with Gasteiger partial charge in [-0.1, -0.05) is 11.6 Å². The van der Waals surface area contributed by atoms with Crippen molar-refractivity contribution in [2.24, 2.45) is 21.5 Å². The summed E-state index contributed by atoms with van der Waals surface area (Å²) in [7, 11) is 0. The highest BCUT2D eigenvalue weighted by Gasteiger charge is 2.32. The van der Waals surface area contributed by atoms with E-state index in [0.717, 1.165) is 5.69 Å². The molecular weight excluding hydrogens is 273 g/mol. The third-order valence-corrected chi connectivity index (χ3v) is 2.73. The maximum Gasteiger partial charge on any atom is 0.220 e. The molecule has 0 aromatic heterocycles. The molecule has 0 unspecified atom stereocenters. The van der Waals surface area contributed by atoms with Gasteiger partial charge in [0.05, 0.1) is 0 Å². The Balaban J connectivity index is 0.00000162. The summed E-state index contributed by atoms with van der Waals surface area (Å²) in [4.78, 5) is 10.0. The maximum absolute atomic E-state index is 5.90. The van der Waals surface area contributed by atoms with E-state index in [9.17, 15) is 0 Å². The van der Waals surface area contributed by atoms with E-state index in [0.29, 0.717) is 11.0 Å². The fraction of sp³-hybridized carbons (Fsp3) is 0.273. The van der Waals surface area contributed by atoms with Crippen LogP contribution in [0.2, 0.25) is 5.02 Å². The molecule has 7 heteroatoms. The summed E-state index contributed by atoms with van der Waals surface area (Å²) in [6, 6.07) is 7.32. The Hall–Kier alpha value is -1.46. The van der Waals surface area contributed by atoms with E-state index in [-0.39, 0.29) is 18.4 Å². The molecule has 4 N–H and O–H groups in total. The summed E-state index contributed by atoms with van der Waals surface area (Å²) in [5.41, 5.74) is 11.8. The average Bonchev–Trinajstić information content (AvgIpc) is 2.18. The molecule has 0 aliphatic carbocycles. The van der Waals surface area contributed by atoms with Crippen LogP contribution in [0.25, 0.3) is 0 Å². The van der Waals surface area contributed by atoms with E-state index in [1.54, 1.807) is 17.0 Å². The van der Waals surface area contributed by atoms with Crippen molar-refractivity contribution in [1.29, 1.82) is 0 Å². The fourth-order valence-electron chi connectivity index (χ4n) is 1.84. The lowest BCUT2D eigenvalue weighted by molar-refractivity contribution is -0.00000436. The molecule has 1 aliphatic heterocycles. The number of nitrogens with two attached hydrogens (primary N) is 2. The monoisotopic (exact) mass is 286 g/mol. The summed E-state index contributed by atoms with van der Waals surface area (Å²) >= 11 is 5.85. The molecule has 1 aliphatic rings. The van der Waals surface area contributed by atoms with Crippen LogP contribution in [0.15, 0.2) is 34.3 Å². The van der Waals surface area contributed by atoms with Gasteiger partial charge >= 0.3 is 0 Å². The summed E-state index contributed by atoms with van der Waals surface area (Å²) in [6.45, 7) is 3.83. The van der Waals surface area contributed by atoms with Crippen LogP contribution in [0, 0.1) is 0 Å². The zero-order valence-electron chi connectivity index (χ0n) is 10.1. The second kappa shape index (κ2) is 5.04. The van der Waals surface area contributed by atoms with Gasteiger partial charge in [-0.05, 0) is 38.1 Å². The lowest BCUT2D eigenvalue weighted by atomic mass is 10.1. The molecule has 0 atom stereocenters. The summed E-state index contributed by atoms with van der Waals surface area (Å²) in [5, 5.41) is 0.669. The number of hydrogen-bond acceptors (Lipinski definition) is 5. The smallest absolute Gasteiger partial charge is 0.220 e. The molecule has 1 aromatic rings. The van der Waals surface area contributed by atoms with Gasteiger partial charge in [0.1, 0.15) is 5.66 Å². The van der Waals surface area contributed by atoms with Crippen molar-refractivity contribution in [3.05, 3.63) is 29.3 Å². The molecule has 0 radical (unpaired) electrons. The third-order valence-electron chi connectivity index (χ3n) is 2.48. The van der Waals surface area contributed by atoms with Crippen LogP contribution in [0.3, 0.4) is 0 Å². The highest BCUT2D eigenvalue weighted by atomic mass is 35.5. The summed E-state index contributed by atoms with van der Waals surface area (Å²) < 4.78 is 0. The van der Waals surface area contributed by atoms with E-state index in [2.05, 4.69) is 9.98 Å². The number of aliphatic imine (C=N–C) groups is 2. The van der Waals surface area contributed by atoms with Crippen molar-refractivity contribution in [2.75, 3.05) is 4.90 Å². The molecule has 0 saturated carbocycles. The van der Waals surface area contributed by atoms with Crippen LogP contribution < -0.4 is 28.8 Å². The predicted molar refractivity (Wildman–Crippen MR) is 71.3 cm³/mol. The number of halogens is 2. The molecule has 2 rings (SSSR count). The molecule has 1 aromatic carbocycles. The van der Waals surface area contributed by atoms with Gasteiger partial charge in [-0.25, -0.2) is 4.99 Å². The molecule has 5 nitrogen and oxygen atoms in total. The molecule has 0 spiro atoms. The van der Waals surface area contributed by atoms with Gasteiger partial charge in [-0.3, -0.25) is 4.90 Å². The van der Waals surface area contributed by atoms with E-state index in [1.807, 2.05) is 26.0 Å². The molecular formula is C11H14Cl2N5-. The number of hydrogen-bond donors (Lipinski definition) is 2. The van der Waals surface area contributed by atoms with Gasteiger partial charge < -0.3 is 23.9 Å². The number of nitrogens with zero attached hydrogens (tertiary/aromatic N) is 3. The topological polar surface area (TPSA) is 80.0 Å². The first-order chi connectivity index (χ1) is 7.90. The van der Waals surface area contributed by atoms with Gasteiger partial charge in [0.2, 0.25) is 11.9 Å². The Morgan fingerprint density at radius 1 is 1.17 bits per heavy atom. The Kier molecular flexibility index (Phi) is 4.09. The minimum absolute atomic E-state index is 0. The Morgan fingerprint density at radius 2 is 1.72 bits per heavy atom. The molecule has 0 amide bonds. The van der Waals surface area contributed by atoms with Crippen LogP contribution >= 0.6 is 11.6 Å². The number of anilines is 1. The third kappa shape index (κ3) is 2.68. The van der Waals surface area contributed by atoms with E-state index in [1.165, 1.54) is 0 Å². The highest BCUT2D eigenvalue weighted by Crippen LogP contribution is 2.28. The average molecular weight is 287 g/mol. The lowest BCUT2D eigenvalue weighted by Crippen LogP contribution is -3.00. The summed E-state index contributed by atoms with van der Waals surface area (Å²) in [6.07, 6.45) is 0. The SMILES string of the molecule is CC1(C)N=C(N)N=C(N)N1c1ccc(Cl)cc1.[Cl-]. The Labute approximate surface area is 117 Å². The fourth-order valence-corrected chi connectivity index (χ4v) is 1.97. The van der Waals surface area contributed by atoms with Crippen LogP contribution in [0.5, 0.6) is 0 Å². The van der Waals surface area contributed by atoms with Gasteiger partial charge in [0.15, 0.2) is 0 Å². The van der Waals surface area contributed by atoms with Crippen molar-refractivity contribution in [3.63, 3.8) is 0 Å². The second-order valence-corrected chi connectivity index (χ2v) is 4.68. The standard InChI is InChI=1S/C11H14ClN5.ClH/c1-11(2)16-9(13)15-10(14)17(11)8-5-3-7(12)4-6-8;/h3-6H,1-2H3,(H4,13,14,15,16);1H/p-1. The van der Waals surface area contributed by atoms with Crippen LogP contribution in [0.4, 0.5) is 5.69 Å². The Morgan fingerprint density at radius 3 is 2.22 bits per heavy atom. The van der Waals surface area contributed by atoms with Gasteiger partial charge in [-0.15, -0.1) is 0 Å². The quantitative estimate of drug-likeness (QED) is 0.662. The van der Waals surface area contributed by atoms with Gasteiger partial charge in [-0.2, -0.15) is 4.99 Å². The number of rotatable bonds is 1. The minimum atomic E-state index is -0.566. The largest absolute Gasteiger partial charge is 1.00 e. The maximum atomic E-state index is 5.90. The minimum Gasteiger partial charge on any atom is -1.00 e. The summed E-state index contributed by atoms with van der Waals surface area (Å²) in [5.74, 6) is 0.516. The van der Waals surface area contributed by atoms with Crippen LogP contribution in [-0.4, -0.2) is 17.6 Å². The van der Waals surface area contributed by atoms with E-state index < -0.39 is 5.66 Å². The molecule has 1 heterocycles. The van der Waals surface area contributed by atoms with Crippen LogP contribution in [0.1, 0.15) is 13.8 Å². The van der Waals surface area contributed by atoms with Gasteiger partial charge in [0, 0.05) is 10.7 Å². The van der Waals surface area contributed by atoms with Crippen molar-refractivity contribution >= 4 is 29.2 Å². The van der Waals surface area contributed by atoms with Gasteiger partial charge in [0.25, 0.3) is 0 Å². The molecule has 0 fully saturated rings. The first-order valence-electron chi connectivity index (χ1n) is 5.15. The first-order valence-corrected chi connectivity index (χ1v) is 5.53. The zero-order valence-corrected chi connectivity index (χ0v) is 11.6. The molecule has 0 bridgehead atoms. The molecule has 98 valence electrons. The molecule has 18 heavy (non-hydrogen) atoms. The second-order valence-electron chi connectivity index (χ2n) is 4.25. The predicted octanol–water partition coefficient (Wildman–Crippen LogP) is -1.47. The number of guanidine groups is 2. The van der Waals surface area contributed by atoms with Crippen LogP contribution in [-0.2, 0) is 0 Å². The normalized spacial score (nSPS) is 17.6. The zero-order chi connectivity index (χ0) is 12.6. The number of benzene rings is 1. The van der Waals surface area contributed by atoms with E-state index in [4.69, 9.17) is 23.1 Å². The van der Waals surface area contributed by atoms with Crippen molar-refractivity contribution in [1.82, 2.24) is 0 Å². The van der Waals surface area contributed by atoms with Crippen molar-refractivity contribution in [2.45, 2.75) is 19.5 Å². The van der Waals surface area contributed by atoms with Crippen molar-refractivity contribution in [3.8, 4) is 0 Å². The first kappa shape index (κ1) is 14.6. The highest BCUT2D eigenvalue weighted by molar-refractivity contribution is 6.30.